The van der Waals surface area contributed by atoms with Crippen molar-refractivity contribution in [3.63, 3.8) is 0 Å². The maximum atomic E-state index is 13.0. The lowest BCUT2D eigenvalue weighted by atomic mass is 10.0. The number of nitrogens with zero attached hydrogens (tertiary/aromatic N) is 3. The van der Waals surface area contributed by atoms with Crippen molar-refractivity contribution in [1.82, 2.24) is 4.90 Å². The van der Waals surface area contributed by atoms with Gasteiger partial charge in [-0.2, -0.15) is 0 Å². The van der Waals surface area contributed by atoms with Crippen LogP contribution in [-0.4, -0.2) is 48.8 Å². The minimum Gasteiger partial charge on any atom is -0.382 e. The van der Waals surface area contributed by atoms with E-state index in [1.807, 2.05) is 4.90 Å². The van der Waals surface area contributed by atoms with Crippen LogP contribution in [0.25, 0.3) is 0 Å². The summed E-state index contributed by atoms with van der Waals surface area (Å²) in [5, 5.41) is 4.10. The summed E-state index contributed by atoms with van der Waals surface area (Å²) in [5.74, 6) is -0.255. The molecule has 2 aliphatic rings. The summed E-state index contributed by atoms with van der Waals surface area (Å²) in [6.45, 7) is 7.21. The van der Waals surface area contributed by atoms with E-state index in [0.29, 0.717) is 25.9 Å². The fourth-order valence-electron chi connectivity index (χ4n) is 4.03. The molecule has 1 saturated heterocycles. The van der Waals surface area contributed by atoms with Crippen LogP contribution in [0.3, 0.4) is 0 Å². The SMILES string of the molecule is Cc1ccc(N2CCN(C(=O)[C@@H]3CC(Cc4ccc(F)cc4)=NO3)CC2)c(C)c1. The molecular formula is C23H26FN3O2. The highest BCUT2D eigenvalue weighted by molar-refractivity contribution is 5.94. The molecule has 0 spiro atoms. The molecule has 1 fully saturated rings. The second kappa shape index (κ2) is 8.23. The Balaban J connectivity index is 1.29. The highest BCUT2D eigenvalue weighted by Crippen LogP contribution is 2.23. The van der Waals surface area contributed by atoms with Crippen LogP contribution < -0.4 is 4.90 Å². The van der Waals surface area contributed by atoms with Gasteiger partial charge in [-0.15, -0.1) is 0 Å². The molecule has 0 saturated carbocycles. The Labute approximate surface area is 170 Å². The van der Waals surface area contributed by atoms with Crippen molar-refractivity contribution >= 4 is 17.3 Å². The van der Waals surface area contributed by atoms with Crippen LogP contribution >= 0.6 is 0 Å². The van der Waals surface area contributed by atoms with Gasteiger partial charge in [0.25, 0.3) is 5.91 Å². The third kappa shape index (κ3) is 4.42. The Morgan fingerprint density at radius 3 is 2.52 bits per heavy atom. The normalized spacial score (nSPS) is 19.1. The summed E-state index contributed by atoms with van der Waals surface area (Å²) in [4.78, 5) is 22.5. The summed E-state index contributed by atoms with van der Waals surface area (Å²) in [5.41, 5.74) is 5.55. The molecule has 6 heteroatoms. The third-order valence-corrected chi connectivity index (χ3v) is 5.61. The molecular weight excluding hydrogens is 369 g/mol. The molecule has 152 valence electrons. The number of hydrogen-bond donors (Lipinski definition) is 0. The van der Waals surface area contributed by atoms with Crippen LogP contribution in [0.5, 0.6) is 0 Å². The molecule has 0 bridgehead atoms. The number of anilines is 1. The first-order chi connectivity index (χ1) is 14.0. The van der Waals surface area contributed by atoms with Crippen LogP contribution in [0.2, 0.25) is 0 Å². The van der Waals surface area contributed by atoms with Crippen molar-refractivity contribution in [1.29, 1.82) is 0 Å². The molecule has 2 heterocycles. The first kappa shape index (κ1) is 19.4. The second-order valence-electron chi connectivity index (χ2n) is 7.86. The number of rotatable bonds is 4. The fourth-order valence-corrected chi connectivity index (χ4v) is 4.03. The largest absolute Gasteiger partial charge is 0.382 e. The molecule has 29 heavy (non-hydrogen) atoms. The fraction of sp³-hybridized carbons (Fsp3) is 0.391. The van der Waals surface area contributed by atoms with E-state index in [-0.39, 0.29) is 11.7 Å². The molecule has 2 aliphatic heterocycles. The van der Waals surface area contributed by atoms with E-state index in [0.717, 1.165) is 24.4 Å². The smallest absolute Gasteiger partial charge is 0.267 e. The van der Waals surface area contributed by atoms with Crippen LogP contribution in [0, 0.1) is 19.7 Å². The van der Waals surface area contributed by atoms with Gasteiger partial charge >= 0.3 is 0 Å². The van der Waals surface area contributed by atoms with Gasteiger partial charge in [0.1, 0.15) is 5.82 Å². The maximum absolute atomic E-state index is 13.0. The van der Waals surface area contributed by atoms with Crippen LogP contribution in [0.4, 0.5) is 10.1 Å². The minimum atomic E-state index is -0.543. The average Bonchev–Trinajstić information content (AvgIpc) is 3.18. The van der Waals surface area contributed by atoms with Crippen molar-refractivity contribution in [2.45, 2.75) is 32.8 Å². The highest BCUT2D eigenvalue weighted by Gasteiger charge is 2.33. The second-order valence-corrected chi connectivity index (χ2v) is 7.86. The van der Waals surface area contributed by atoms with E-state index in [4.69, 9.17) is 4.84 Å². The lowest BCUT2D eigenvalue weighted by molar-refractivity contribution is -0.142. The zero-order chi connectivity index (χ0) is 20.4. The molecule has 1 atom stereocenters. The highest BCUT2D eigenvalue weighted by atomic mass is 19.1. The number of carbonyl (C=O) groups excluding carboxylic acids is 1. The molecule has 5 nitrogen and oxygen atoms in total. The zero-order valence-electron chi connectivity index (χ0n) is 16.9. The van der Waals surface area contributed by atoms with Crippen molar-refractivity contribution in [3.05, 3.63) is 65.0 Å². The number of oxime groups is 1. The number of amides is 1. The lowest BCUT2D eigenvalue weighted by Gasteiger charge is -2.37. The van der Waals surface area contributed by atoms with E-state index < -0.39 is 6.10 Å². The van der Waals surface area contributed by atoms with Gasteiger partial charge in [0.05, 0.1) is 5.71 Å². The number of aryl methyl sites for hydroxylation is 2. The van der Waals surface area contributed by atoms with Gasteiger partial charge in [0.15, 0.2) is 0 Å². The summed E-state index contributed by atoms with van der Waals surface area (Å²) >= 11 is 0. The lowest BCUT2D eigenvalue weighted by Crippen LogP contribution is -2.51. The molecule has 0 radical (unpaired) electrons. The summed E-state index contributed by atoms with van der Waals surface area (Å²) in [6, 6.07) is 12.8. The Kier molecular flexibility index (Phi) is 5.51. The van der Waals surface area contributed by atoms with Crippen molar-refractivity contribution in [3.8, 4) is 0 Å². The zero-order valence-corrected chi connectivity index (χ0v) is 16.9. The van der Waals surface area contributed by atoms with Gasteiger partial charge in [0, 0.05) is 44.7 Å². The molecule has 0 aromatic heterocycles. The van der Waals surface area contributed by atoms with Crippen molar-refractivity contribution in [2.24, 2.45) is 5.16 Å². The molecule has 1 amide bonds. The molecule has 0 aliphatic carbocycles. The first-order valence-electron chi connectivity index (χ1n) is 10.1. The number of halogens is 1. The number of piperazine rings is 1. The predicted octanol–water partition coefficient (Wildman–Crippen LogP) is 3.48. The van der Waals surface area contributed by atoms with E-state index in [9.17, 15) is 9.18 Å². The van der Waals surface area contributed by atoms with Gasteiger partial charge in [-0.05, 0) is 43.2 Å². The monoisotopic (exact) mass is 395 g/mol. The Hall–Kier alpha value is -2.89. The molecule has 2 aromatic rings. The Morgan fingerprint density at radius 1 is 1.10 bits per heavy atom. The number of benzene rings is 2. The Bertz CT molecular complexity index is 918. The van der Waals surface area contributed by atoms with Crippen molar-refractivity contribution < 1.29 is 14.0 Å². The van der Waals surface area contributed by atoms with Crippen LogP contribution in [-0.2, 0) is 16.1 Å². The van der Waals surface area contributed by atoms with Crippen LogP contribution in [0.15, 0.2) is 47.6 Å². The Morgan fingerprint density at radius 2 is 1.83 bits per heavy atom. The number of hydrogen-bond acceptors (Lipinski definition) is 4. The van der Waals surface area contributed by atoms with E-state index in [1.165, 1.54) is 28.9 Å². The summed E-state index contributed by atoms with van der Waals surface area (Å²) < 4.78 is 13.0. The molecule has 2 aromatic carbocycles. The predicted molar refractivity (Wildman–Crippen MR) is 112 cm³/mol. The van der Waals surface area contributed by atoms with Gasteiger partial charge in [-0.3, -0.25) is 4.79 Å². The van der Waals surface area contributed by atoms with Crippen LogP contribution in [0.1, 0.15) is 23.1 Å². The molecule has 4 rings (SSSR count). The molecule has 0 unspecified atom stereocenters. The van der Waals surface area contributed by atoms with E-state index in [1.54, 1.807) is 12.1 Å². The number of carbonyl (C=O) groups is 1. The molecule has 0 N–H and O–H groups in total. The standard InChI is InChI=1S/C23H26FN3O2/c1-16-3-8-21(17(2)13-16)26-9-11-27(12-10-26)23(28)22-15-20(25-29-22)14-18-4-6-19(24)7-5-18/h3-8,13,22H,9-12,14-15H2,1-2H3/t22-/m0/s1. The third-order valence-electron chi connectivity index (χ3n) is 5.61. The van der Waals surface area contributed by atoms with E-state index >= 15 is 0 Å². The summed E-state index contributed by atoms with van der Waals surface area (Å²) in [6.07, 6.45) is 0.524. The quantitative estimate of drug-likeness (QED) is 0.796. The topological polar surface area (TPSA) is 45.1 Å². The van der Waals surface area contributed by atoms with Gasteiger partial charge < -0.3 is 14.6 Å². The summed E-state index contributed by atoms with van der Waals surface area (Å²) in [7, 11) is 0. The van der Waals surface area contributed by atoms with Gasteiger partial charge in [-0.1, -0.05) is 35.0 Å². The maximum Gasteiger partial charge on any atom is 0.267 e. The van der Waals surface area contributed by atoms with Gasteiger partial charge in [-0.25, -0.2) is 4.39 Å². The van der Waals surface area contributed by atoms with Gasteiger partial charge in [0.2, 0.25) is 6.10 Å². The average molecular weight is 395 g/mol. The first-order valence-corrected chi connectivity index (χ1v) is 10.1. The minimum absolute atomic E-state index is 0.00290. The van der Waals surface area contributed by atoms with Crippen molar-refractivity contribution in [2.75, 3.05) is 31.1 Å². The van der Waals surface area contributed by atoms with E-state index in [2.05, 4.69) is 42.1 Å².